The smallest absolute Gasteiger partial charge is 0.0659 e. The fourth-order valence-electron chi connectivity index (χ4n) is 2.15. The van der Waals surface area contributed by atoms with Crippen molar-refractivity contribution in [3.8, 4) is 0 Å². The minimum atomic E-state index is -0.259. The number of hydrogen-bond acceptors (Lipinski definition) is 2. The molecule has 0 bridgehead atoms. The lowest BCUT2D eigenvalue weighted by atomic mass is 9.78. The van der Waals surface area contributed by atoms with Gasteiger partial charge < -0.3 is 10.8 Å². The molecule has 0 heterocycles. The van der Waals surface area contributed by atoms with Crippen LogP contribution in [-0.2, 0) is 0 Å². The lowest BCUT2D eigenvalue weighted by Gasteiger charge is -2.33. The highest BCUT2D eigenvalue weighted by Gasteiger charge is 2.57. The summed E-state index contributed by atoms with van der Waals surface area (Å²) < 4.78 is 0. The first kappa shape index (κ1) is 10.0. The standard InChI is InChI=1S/C10H21NO/c1-7-5-10(7,6-11)8(12)9(2,3)4/h7-8,12H,5-6,11H2,1-4H3/t7-,8-,10+/m0/s1. The fraction of sp³-hybridized carbons (Fsp3) is 1.00. The van der Waals surface area contributed by atoms with E-state index in [9.17, 15) is 5.11 Å². The highest BCUT2D eigenvalue weighted by Crippen LogP contribution is 2.57. The summed E-state index contributed by atoms with van der Waals surface area (Å²) in [5.74, 6) is 0.594. The maximum Gasteiger partial charge on any atom is 0.0659 e. The van der Waals surface area contributed by atoms with Crippen molar-refractivity contribution in [1.82, 2.24) is 0 Å². The van der Waals surface area contributed by atoms with Gasteiger partial charge in [-0.2, -0.15) is 0 Å². The van der Waals surface area contributed by atoms with E-state index in [2.05, 4.69) is 27.7 Å². The Bertz CT molecular complexity index is 169. The normalized spacial score (nSPS) is 38.0. The molecule has 0 aromatic heterocycles. The van der Waals surface area contributed by atoms with E-state index in [1.165, 1.54) is 0 Å². The molecule has 3 atom stereocenters. The Balaban J connectivity index is 2.70. The summed E-state index contributed by atoms with van der Waals surface area (Å²) in [6.07, 6.45) is 0.826. The number of hydrogen-bond donors (Lipinski definition) is 2. The van der Waals surface area contributed by atoms with Gasteiger partial charge in [0, 0.05) is 12.0 Å². The third-order valence-corrected chi connectivity index (χ3v) is 3.25. The highest BCUT2D eigenvalue weighted by molar-refractivity contribution is 5.08. The quantitative estimate of drug-likeness (QED) is 0.659. The van der Waals surface area contributed by atoms with Gasteiger partial charge in [-0.05, 0) is 17.8 Å². The zero-order chi connectivity index (χ0) is 9.57. The Labute approximate surface area is 75.2 Å². The molecule has 3 N–H and O–H groups in total. The van der Waals surface area contributed by atoms with Gasteiger partial charge in [-0.15, -0.1) is 0 Å². The van der Waals surface area contributed by atoms with Gasteiger partial charge in [-0.1, -0.05) is 27.7 Å². The largest absolute Gasteiger partial charge is 0.392 e. The van der Waals surface area contributed by atoms with Gasteiger partial charge in [0.05, 0.1) is 6.10 Å². The highest BCUT2D eigenvalue weighted by atomic mass is 16.3. The van der Waals surface area contributed by atoms with Crippen LogP contribution < -0.4 is 5.73 Å². The van der Waals surface area contributed by atoms with Crippen molar-refractivity contribution in [2.45, 2.75) is 40.2 Å². The van der Waals surface area contributed by atoms with Gasteiger partial charge in [-0.25, -0.2) is 0 Å². The van der Waals surface area contributed by atoms with Crippen molar-refractivity contribution >= 4 is 0 Å². The molecule has 0 amide bonds. The van der Waals surface area contributed by atoms with Crippen LogP contribution in [0, 0.1) is 16.7 Å². The molecule has 1 aliphatic rings. The van der Waals surface area contributed by atoms with E-state index in [1.54, 1.807) is 0 Å². The van der Waals surface area contributed by atoms with Crippen LogP contribution in [-0.4, -0.2) is 17.8 Å². The van der Waals surface area contributed by atoms with Crippen molar-refractivity contribution in [2.24, 2.45) is 22.5 Å². The summed E-state index contributed by atoms with van der Waals surface area (Å²) in [7, 11) is 0. The van der Waals surface area contributed by atoms with Gasteiger partial charge in [0.2, 0.25) is 0 Å². The van der Waals surface area contributed by atoms with E-state index >= 15 is 0 Å². The molecular weight excluding hydrogens is 150 g/mol. The van der Waals surface area contributed by atoms with Crippen molar-refractivity contribution in [3.63, 3.8) is 0 Å². The molecular formula is C10H21NO. The molecule has 0 radical (unpaired) electrons. The third-order valence-electron chi connectivity index (χ3n) is 3.25. The van der Waals surface area contributed by atoms with Crippen molar-refractivity contribution < 1.29 is 5.11 Å². The van der Waals surface area contributed by atoms with Crippen molar-refractivity contribution in [1.29, 1.82) is 0 Å². The minimum Gasteiger partial charge on any atom is -0.392 e. The van der Waals surface area contributed by atoms with Crippen LogP contribution in [0.4, 0.5) is 0 Å². The molecule has 2 heteroatoms. The number of rotatable bonds is 2. The van der Waals surface area contributed by atoms with E-state index < -0.39 is 0 Å². The predicted octanol–water partition coefficient (Wildman–Crippen LogP) is 1.38. The van der Waals surface area contributed by atoms with Crippen molar-refractivity contribution in [3.05, 3.63) is 0 Å². The van der Waals surface area contributed by atoms with Crippen molar-refractivity contribution in [2.75, 3.05) is 6.54 Å². The maximum absolute atomic E-state index is 10.1. The number of aliphatic hydroxyl groups is 1. The van der Waals surface area contributed by atoms with E-state index in [1.807, 2.05) is 0 Å². The molecule has 0 saturated heterocycles. The number of nitrogens with two attached hydrogens (primary N) is 1. The van der Waals surface area contributed by atoms with Crippen LogP contribution in [0.5, 0.6) is 0 Å². The summed E-state index contributed by atoms with van der Waals surface area (Å²) in [5.41, 5.74) is 5.69. The van der Waals surface area contributed by atoms with Gasteiger partial charge in [0.1, 0.15) is 0 Å². The topological polar surface area (TPSA) is 46.2 Å². The second kappa shape index (κ2) is 2.71. The molecule has 0 aliphatic heterocycles. The maximum atomic E-state index is 10.1. The van der Waals surface area contributed by atoms with Crippen LogP contribution in [0.2, 0.25) is 0 Å². The summed E-state index contributed by atoms with van der Waals surface area (Å²) in [6.45, 7) is 8.99. The van der Waals surface area contributed by atoms with Gasteiger partial charge in [0.15, 0.2) is 0 Å². The number of aliphatic hydroxyl groups excluding tert-OH is 1. The molecule has 72 valence electrons. The van der Waals surface area contributed by atoms with E-state index in [0.29, 0.717) is 12.5 Å². The van der Waals surface area contributed by atoms with Crippen LogP contribution in [0.1, 0.15) is 34.1 Å². The fourth-order valence-corrected chi connectivity index (χ4v) is 2.15. The Morgan fingerprint density at radius 2 is 2.00 bits per heavy atom. The lowest BCUT2D eigenvalue weighted by Crippen LogP contribution is -2.40. The molecule has 0 spiro atoms. The molecule has 2 nitrogen and oxygen atoms in total. The SMILES string of the molecule is C[C@H]1C[C@]1(CN)[C@@H](O)C(C)(C)C. The Kier molecular flexibility index (Phi) is 2.26. The Morgan fingerprint density at radius 3 is 2.08 bits per heavy atom. The Hall–Kier alpha value is -0.0800. The molecule has 1 saturated carbocycles. The first-order valence-electron chi connectivity index (χ1n) is 4.73. The molecule has 1 rings (SSSR count). The van der Waals surface area contributed by atoms with Crippen LogP contribution in [0.3, 0.4) is 0 Å². The first-order chi connectivity index (χ1) is 5.34. The second-order valence-corrected chi connectivity index (χ2v) is 5.31. The average molecular weight is 171 g/mol. The lowest BCUT2D eigenvalue weighted by molar-refractivity contribution is -0.00322. The minimum absolute atomic E-state index is 0.0260. The zero-order valence-electron chi connectivity index (χ0n) is 8.59. The summed E-state index contributed by atoms with van der Waals surface area (Å²) in [5, 5.41) is 10.1. The monoisotopic (exact) mass is 171 g/mol. The molecule has 1 fully saturated rings. The molecule has 0 aromatic carbocycles. The first-order valence-corrected chi connectivity index (χ1v) is 4.73. The summed E-state index contributed by atoms with van der Waals surface area (Å²) >= 11 is 0. The summed E-state index contributed by atoms with van der Waals surface area (Å²) in [6, 6.07) is 0. The Morgan fingerprint density at radius 1 is 1.58 bits per heavy atom. The second-order valence-electron chi connectivity index (χ2n) is 5.31. The zero-order valence-corrected chi connectivity index (χ0v) is 8.59. The summed E-state index contributed by atoms with van der Waals surface area (Å²) in [4.78, 5) is 0. The molecule has 12 heavy (non-hydrogen) atoms. The molecule has 1 aliphatic carbocycles. The third kappa shape index (κ3) is 1.38. The van der Waals surface area contributed by atoms with Crippen LogP contribution >= 0.6 is 0 Å². The van der Waals surface area contributed by atoms with E-state index in [0.717, 1.165) is 6.42 Å². The molecule has 0 aromatic rings. The van der Waals surface area contributed by atoms with Gasteiger partial charge >= 0.3 is 0 Å². The average Bonchev–Trinajstić information content (AvgIpc) is 2.59. The predicted molar refractivity (Wildman–Crippen MR) is 50.7 cm³/mol. The van der Waals surface area contributed by atoms with E-state index in [4.69, 9.17) is 5.73 Å². The van der Waals surface area contributed by atoms with E-state index in [-0.39, 0.29) is 16.9 Å². The molecule has 0 unspecified atom stereocenters. The van der Waals surface area contributed by atoms with Gasteiger partial charge in [-0.3, -0.25) is 0 Å². The van der Waals surface area contributed by atoms with Crippen LogP contribution in [0.15, 0.2) is 0 Å². The van der Waals surface area contributed by atoms with Gasteiger partial charge in [0.25, 0.3) is 0 Å². The van der Waals surface area contributed by atoms with Crippen LogP contribution in [0.25, 0.3) is 0 Å².